The molecule has 0 atom stereocenters. The Bertz CT molecular complexity index is 608. The second kappa shape index (κ2) is 8.65. The molecule has 0 aliphatic carbocycles. The Balaban J connectivity index is 1.69. The van der Waals surface area contributed by atoms with E-state index in [1.165, 1.54) is 0 Å². The topological polar surface area (TPSA) is 71.5 Å². The molecule has 0 radical (unpaired) electrons. The zero-order chi connectivity index (χ0) is 18.4. The lowest BCUT2D eigenvalue weighted by molar-refractivity contribution is 0.0182. The summed E-state index contributed by atoms with van der Waals surface area (Å²) in [5, 5.41) is 2.91. The van der Waals surface area contributed by atoms with Crippen LogP contribution in [0.1, 0.15) is 50.5 Å². The first kappa shape index (κ1) is 19.7. The fourth-order valence-corrected chi connectivity index (χ4v) is 3.09. The van der Waals surface area contributed by atoms with E-state index in [1.807, 2.05) is 20.8 Å². The molecule has 2 rings (SSSR count). The Morgan fingerprint density at radius 3 is 2.60 bits per heavy atom. The summed E-state index contributed by atoms with van der Waals surface area (Å²) in [7, 11) is 0. The fraction of sp³-hybridized carbons (Fsp3) is 0.611. The number of carbonyl (C=O) groups is 2. The molecule has 1 aliphatic heterocycles. The Kier molecular flexibility index (Phi) is 6.81. The van der Waals surface area contributed by atoms with Crippen LogP contribution in [0.25, 0.3) is 0 Å². The molecule has 2 amide bonds. The molecule has 1 N–H and O–H groups in total. The van der Waals surface area contributed by atoms with Crippen molar-refractivity contribution in [3.63, 3.8) is 0 Å². The number of aromatic nitrogens is 1. The lowest BCUT2D eigenvalue weighted by Crippen LogP contribution is -2.42. The molecular weight excluding hydrogens is 386 g/mol. The van der Waals surface area contributed by atoms with Crippen molar-refractivity contribution in [2.75, 3.05) is 19.6 Å². The largest absolute Gasteiger partial charge is 0.444 e. The highest BCUT2D eigenvalue weighted by atomic mass is 79.9. The molecule has 1 fully saturated rings. The van der Waals surface area contributed by atoms with Crippen LogP contribution in [-0.4, -0.2) is 47.1 Å². The maximum absolute atomic E-state index is 12.0. The summed E-state index contributed by atoms with van der Waals surface area (Å²) in [4.78, 5) is 30.0. The van der Waals surface area contributed by atoms with E-state index in [-0.39, 0.29) is 12.0 Å². The van der Waals surface area contributed by atoms with E-state index in [2.05, 4.69) is 26.2 Å². The first-order valence-electron chi connectivity index (χ1n) is 8.63. The number of nitrogens with one attached hydrogen (secondary N) is 1. The second-order valence-corrected chi connectivity index (χ2v) is 8.11. The molecule has 0 spiro atoms. The zero-order valence-corrected chi connectivity index (χ0v) is 16.6. The van der Waals surface area contributed by atoms with Gasteiger partial charge in [-0.15, -0.1) is 0 Å². The SMILES string of the molecule is CC(C)(C)OC(=O)N1CCC(CCNC(=O)c2cccc(Br)n2)CC1. The third-order valence-electron chi connectivity index (χ3n) is 4.05. The van der Waals surface area contributed by atoms with Crippen molar-refractivity contribution in [1.29, 1.82) is 0 Å². The number of nitrogens with zero attached hydrogens (tertiary/aromatic N) is 2. The lowest BCUT2D eigenvalue weighted by Gasteiger charge is -2.33. The highest BCUT2D eigenvalue weighted by Gasteiger charge is 2.26. The van der Waals surface area contributed by atoms with Crippen LogP contribution in [0.3, 0.4) is 0 Å². The van der Waals surface area contributed by atoms with Crippen LogP contribution in [-0.2, 0) is 4.74 Å². The zero-order valence-electron chi connectivity index (χ0n) is 15.0. The molecule has 1 aromatic rings. The minimum absolute atomic E-state index is 0.160. The van der Waals surface area contributed by atoms with Gasteiger partial charge in [0.15, 0.2) is 0 Å². The van der Waals surface area contributed by atoms with E-state index in [9.17, 15) is 9.59 Å². The molecule has 0 bridgehead atoms. The first-order chi connectivity index (χ1) is 11.7. The van der Waals surface area contributed by atoms with Gasteiger partial charge < -0.3 is 15.0 Å². The number of carbonyl (C=O) groups excluding carboxylic acids is 2. The maximum atomic E-state index is 12.0. The van der Waals surface area contributed by atoms with E-state index in [1.54, 1.807) is 23.1 Å². The number of piperidine rings is 1. The van der Waals surface area contributed by atoms with Crippen LogP contribution >= 0.6 is 15.9 Å². The summed E-state index contributed by atoms with van der Waals surface area (Å²) in [5.41, 5.74) is -0.0484. The van der Waals surface area contributed by atoms with Gasteiger partial charge in [0.2, 0.25) is 0 Å². The van der Waals surface area contributed by atoms with Crippen molar-refractivity contribution in [3.8, 4) is 0 Å². The number of hydrogen-bond donors (Lipinski definition) is 1. The molecule has 0 saturated carbocycles. The summed E-state index contributed by atoms with van der Waals surface area (Å²) in [6.07, 6.45) is 2.54. The summed E-state index contributed by atoms with van der Waals surface area (Å²) in [6, 6.07) is 5.27. The molecule has 0 aromatic carbocycles. The molecule has 2 heterocycles. The summed E-state index contributed by atoms with van der Waals surface area (Å²) < 4.78 is 6.05. The molecule has 1 aromatic heterocycles. The van der Waals surface area contributed by atoms with Crippen LogP contribution in [0.5, 0.6) is 0 Å². The predicted molar refractivity (Wildman–Crippen MR) is 99.4 cm³/mol. The van der Waals surface area contributed by atoms with Gasteiger partial charge in [-0.3, -0.25) is 4.79 Å². The highest BCUT2D eigenvalue weighted by molar-refractivity contribution is 9.10. The molecule has 25 heavy (non-hydrogen) atoms. The van der Waals surface area contributed by atoms with E-state index >= 15 is 0 Å². The van der Waals surface area contributed by atoms with Gasteiger partial charge in [-0.25, -0.2) is 9.78 Å². The molecule has 0 unspecified atom stereocenters. The van der Waals surface area contributed by atoms with Crippen LogP contribution < -0.4 is 5.32 Å². The van der Waals surface area contributed by atoms with Crippen molar-refractivity contribution in [3.05, 3.63) is 28.5 Å². The number of likely N-dealkylation sites (tertiary alicyclic amines) is 1. The van der Waals surface area contributed by atoms with Gasteiger partial charge >= 0.3 is 6.09 Å². The number of ether oxygens (including phenoxy) is 1. The van der Waals surface area contributed by atoms with Crippen molar-refractivity contribution in [2.24, 2.45) is 5.92 Å². The smallest absolute Gasteiger partial charge is 0.410 e. The van der Waals surface area contributed by atoms with Crippen molar-refractivity contribution in [2.45, 2.75) is 45.6 Å². The van der Waals surface area contributed by atoms with Crippen molar-refractivity contribution < 1.29 is 14.3 Å². The fourth-order valence-electron chi connectivity index (χ4n) is 2.75. The van der Waals surface area contributed by atoms with E-state index < -0.39 is 5.60 Å². The molecule has 7 heteroatoms. The standard InChI is InChI=1S/C18H26BrN3O3/c1-18(2,3)25-17(24)22-11-8-13(9-12-22)7-10-20-16(23)14-5-4-6-15(19)21-14/h4-6,13H,7-12H2,1-3H3,(H,20,23). The third kappa shape index (κ3) is 6.65. The van der Waals surface area contributed by atoms with Crippen molar-refractivity contribution in [1.82, 2.24) is 15.2 Å². The summed E-state index contributed by atoms with van der Waals surface area (Å²) >= 11 is 3.26. The second-order valence-electron chi connectivity index (χ2n) is 7.30. The van der Waals surface area contributed by atoms with E-state index in [4.69, 9.17) is 4.74 Å². The maximum Gasteiger partial charge on any atom is 0.410 e. The van der Waals surface area contributed by atoms with Crippen LogP contribution in [0, 0.1) is 5.92 Å². The minimum Gasteiger partial charge on any atom is -0.444 e. The van der Waals surface area contributed by atoms with Crippen LogP contribution in [0.2, 0.25) is 0 Å². The molecule has 6 nitrogen and oxygen atoms in total. The summed E-state index contributed by atoms with van der Waals surface area (Å²) in [5.74, 6) is 0.349. The molecular formula is C18H26BrN3O3. The van der Waals surface area contributed by atoms with Gasteiger partial charge in [0.25, 0.3) is 5.91 Å². The van der Waals surface area contributed by atoms with Crippen LogP contribution in [0.4, 0.5) is 4.79 Å². The Morgan fingerprint density at radius 2 is 2.00 bits per heavy atom. The molecule has 1 saturated heterocycles. The average molecular weight is 412 g/mol. The van der Waals surface area contributed by atoms with Gasteiger partial charge in [-0.05, 0) is 74.0 Å². The Labute approximate surface area is 157 Å². The monoisotopic (exact) mass is 411 g/mol. The van der Waals surface area contributed by atoms with E-state index in [0.717, 1.165) is 19.3 Å². The molecule has 1 aliphatic rings. The number of amides is 2. The number of rotatable bonds is 4. The third-order valence-corrected chi connectivity index (χ3v) is 4.49. The van der Waals surface area contributed by atoms with Gasteiger partial charge in [0, 0.05) is 19.6 Å². The minimum atomic E-state index is -0.460. The number of hydrogen-bond acceptors (Lipinski definition) is 4. The number of pyridine rings is 1. The molecule has 138 valence electrons. The van der Waals surface area contributed by atoms with Gasteiger partial charge in [0.05, 0.1) is 0 Å². The quantitative estimate of drug-likeness (QED) is 0.767. The lowest BCUT2D eigenvalue weighted by atomic mass is 9.94. The van der Waals surface area contributed by atoms with Gasteiger partial charge in [0.1, 0.15) is 15.9 Å². The highest BCUT2D eigenvalue weighted by Crippen LogP contribution is 2.21. The Hall–Kier alpha value is -1.63. The normalized spacial score (nSPS) is 15.8. The van der Waals surface area contributed by atoms with Gasteiger partial charge in [-0.1, -0.05) is 6.07 Å². The Morgan fingerprint density at radius 1 is 1.32 bits per heavy atom. The van der Waals surface area contributed by atoms with Crippen molar-refractivity contribution >= 4 is 27.9 Å². The van der Waals surface area contributed by atoms with Crippen LogP contribution in [0.15, 0.2) is 22.8 Å². The summed E-state index contributed by atoms with van der Waals surface area (Å²) in [6.45, 7) is 7.66. The van der Waals surface area contributed by atoms with E-state index in [0.29, 0.717) is 35.8 Å². The predicted octanol–water partition coefficient (Wildman–Crippen LogP) is 3.61. The average Bonchev–Trinajstić information content (AvgIpc) is 2.53. The van der Waals surface area contributed by atoms with Gasteiger partial charge in [-0.2, -0.15) is 0 Å². The number of halogens is 1. The first-order valence-corrected chi connectivity index (χ1v) is 9.42.